The van der Waals surface area contributed by atoms with E-state index in [1.54, 1.807) is 16.8 Å². The maximum Gasteiger partial charge on any atom is 0.326 e. The van der Waals surface area contributed by atoms with E-state index in [-0.39, 0.29) is 18.9 Å². The Balaban J connectivity index is 2.87. The fraction of sp³-hybridized carbons (Fsp3) is 0.462. The highest BCUT2D eigenvalue weighted by molar-refractivity contribution is 9.10. The van der Waals surface area contributed by atoms with Gasteiger partial charge in [-0.1, -0.05) is 0 Å². The van der Waals surface area contributed by atoms with Crippen molar-refractivity contribution in [2.24, 2.45) is 5.73 Å². The number of amides is 2. The molecule has 0 bridgehead atoms. The van der Waals surface area contributed by atoms with Gasteiger partial charge in [-0.05, 0) is 42.3 Å². The van der Waals surface area contributed by atoms with E-state index in [1.807, 2.05) is 13.8 Å². The third kappa shape index (κ3) is 4.89. The molecule has 1 rings (SSSR count). The van der Waals surface area contributed by atoms with Crippen LogP contribution < -0.4 is 11.1 Å². The van der Waals surface area contributed by atoms with E-state index in [0.717, 1.165) is 4.47 Å². The normalized spacial score (nSPS) is 12.2. The van der Waals surface area contributed by atoms with Crippen LogP contribution in [-0.2, 0) is 9.59 Å². The molecule has 8 heteroatoms. The van der Waals surface area contributed by atoms with Crippen molar-refractivity contribution in [1.29, 1.82) is 0 Å². The average Bonchev–Trinajstić information content (AvgIpc) is 2.76. The van der Waals surface area contributed by atoms with Crippen molar-refractivity contribution in [1.82, 2.24) is 9.88 Å². The van der Waals surface area contributed by atoms with E-state index in [9.17, 15) is 14.4 Å². The number of halogens is 1. The number of nitrogens with one attached hydrogen (secondary N) is 1. The number of carboxylic acid groups (broad SMARTS) is 1. The van der Waals surface area contributed by atoms with Crippen LogP contribution >= 0.6 is 15.9 Å². The van der Waals surface area contributed by atoms with Crippen LogP contribution in [0.4, 0.5) is 0 Å². The Morgan fingerprint density at radius 2 is 2.05 bits per heavy atom. The molecule has 0 fully saturated rings. The van der Waals surface area contributed by atoms with Crippen LogP contribution in [0.5, 0.6) is 0 Å². The van der Waals surface area contributed by atoms with E-state index >= 15 is 0 Å². The summed E-state index contributed by atoms with van der Waals surface area (Å²) in [5.74, 6) is -2.32. The number of carbonyl (C=O) groups is 3. The van der Waals surface area contributed by atoms with Crippen molar-refractivity contribution in [2.75, 3.05) is 0 Å². The van der Waals surface area contributed by atoms with Crippen LogP contribution in [0.15, 0.2) is 16.7 Å². The molecule has 0 radical (unpaired) electrons. The maximum absolute atomic E-state index is 12.2. The zero-order valence-electron chi connectivity index (χ0n) is 11.8. The van der Waals surface area contributed by atoms with Crippen LogP contribution in [-0.4, -0.2) is 33.5 Å². The quantitative estimate of drug-likeness (QED) is 0.679. The van der Waals surface area contributed by atoms with Gasteiger partial charge in [0.25, 0.3) is 5.91 Å². The summed E-state index contributed by atoms with van der Waals surface area (Å²) >= 11 is 3.29. The van der Waals surface area contributed by atoms with Gasteiger partial charge >= 0.3 is 5.97 Å². The zero-order valence-corrected chi connectivity index (χ0v) is 13.4. The van der Waals surface area contributed by atoms with Crippen LogP contribution in [0.25, 0.3) is 0 Å². The minimum Gasteiger partial charge on any atom is -0.480 e. The van der Waals surface area contributed by atoms with Gasteiger partial charge < -0.3 is 20.7 Å². The summed E-state index contributed by atoms with van der Waals surface area (Å²) in [4.78, 5) is 34.1. The summed E-state index contributed by atoms with van der Waals surface area (Å²) in [7, 11) is 0. The lowest BCUT2D eigenvalue weighted by atomic mass is 10.1. The summed E-state index contributed by atoms with van der Waals surface area (Å²) in [5, 5.41) is 11.5. The molecular weight excluding hydrogens is 342 g/mol. The Hall–Kier alpha value is -1.83. The monoisotopic (exact) mass is 359 g/mol. The summed E-state index contributed by atoms with van der Waals surface area (Å²) in [6.45, 7) is 3.82. The van der Waals surface area contributed by atoms with Gasteiger partial charge in [-0.15, -0.1) is 0 Å². The number of hydrogen-bond acceptors (Lipinski definition) is 3. The molecule has 1 aromatic rings. The Morgan fingerprint density at radius 1 is 1.43 bits per heavy atom. The van der Waals surface area contributed by atoms with Crippen LogP contribution in [0.1, 0.15) is 43.2 Å². The molecule has 0 spiro atoms. The number of nitrogens with zero attached hydrogens (tertiary/aromatic N) is 1. The third-order valence-electron chi connectivity index (χ3n) is 2.89. The summed E-state index contributed by atoms with van der Waals surface area (Å²) in [5.41, 5.74) is 5.34. The van der Waals surface area contributed by atoms with Gasteiger partial charge in [0.05, 0.1) is 0 Å². The second-order valence-electron chi connectivity index (χ2n) is 4.91. The fourth-order valence-electron chi connectivity index (χ4n) is 1.83. The van der Waals surface area contributed by atoms with E-state index in [4.69, 9.17) is 10.8 Å². The first-order valence-corrected chi connectivity index (χ1v) is 7.21. The Bertz CT molecular complexity index is 554. The molecule has 21 heavy (non-hydrogen) atoms. The van der Waals surface area contributed by atoms with Crippen molar-refractivity contribution >= 4 is 33.7 Å². The number of aromatic nitrogens is 1. The molecule has 0 aromatic carbocycles. The van der Waals surface area contributed by atoms with Gasteiger partial charge in [0.2, 0.25) is 5.91 Å². The molecule has 116 valence electrons. The average molecular weight is 360 g/mol. The predicted molar refractivity (Wildman–Crippen MR) is 79.8 cm³/mol. The van der Waals surface area contributed by atoms with E-state index < -0.39 is 23.8 Å². The molecule has 0 aliphatic heterocycles. The molecule has 4 N–H and O–H groups in total. The second kappa shape index (κ2) is 7.26. The number of nitrogens with two attached hydrogens (primary N) is 1. The maximum atomic E-state index is 12.2. The molecule has 0 aliphatic carbocycles. The van der Waals surface area contributed by atoms with Crippen molar-refractivity contribution in [3.63, 3.8) is 0 Å². The van der Waals surface area contributed by atoms with Crippen molar-refractivity contribution in [3.05, 3.63) is 22.4 Å². The van der Waals surface area contributed by atoms with Gasteiger partial charge in [0.15, 0.2) is 0 Å². The second-order valence-corrected chi connectivity index (χ2v) is 5.83. The first-order valence-electron chi connectivity index (χ1n) is 6.41. The standard InChI is InChI=1S/C13H18BrN3O4/c1-7(2)17-6-8(14)5-10(17)12(19)16-9(13(20)21)3-4-11(15)18/h5-7,9H,3-4H2,1-2H3,(H2,15,18)(H,16,19)(H,20,21)/t9-/m0/s1. The summed E-state index contributed by atoms with van der Waals surface area (Å²) in [6, 6.07) is 0.507. The smallest absolute Gasteiger partial charge is 0.326 e. The first kappa shape index (κ1) is 17.2. The molecule has 1 aromatic heterocycles. The highest BCUT2D eigenvalue weighted by Gasteiger charge is 2.23. The molecule has 0 saturated carbocycles. The number of aliphatic carboxylic acids is 1. The molecule has 0 saturated heterocycles. The molecule has 0 unspecified atom stereocenters. The SMILES string of the molecule is CC(C)n1cc(Br)cc1C(=O)N[C@@H](CCC(N)=O)C(=O)O. The predicted octanol–water partition coefficient (Wildman–Crippen LogP) is 1.28. The van der Waals surface area contributed by atoms with Crippen molar-refractivity contribution in [2.45, 2.75) is 38.8 Å². The van der Waals surface area contributed by atoms with Gasteiger partial charge in [0, 0.05) is 23.1 Å². The lowest BCUT2D eigenvalue weighted by Gasteiger charge is -2.16. The summed E-state index contributed by atoms with van der Waals surface area (Å²) < 4.78 is 2.46. The van der Waals surface area contributed by atoms with Gasteiger partial charge in [0.1, 0.15) is 11.7 Å². The largest absolute Gasteiger partial charge is 0.480 e. The fourth-order valence-corrected chi connectivity index (χ4v) is 2.27. The van der Waals surface area contributed by atoms with Crippen LogP contribution in [0, 0.1) is 0 Å². The first-order chi connectivity index (χ1) is 9.72. The van der Waals surface area contributed by atoms with Gasteiger partial charge in [-0.2, -0.15) is 0 Å². The highest BCUT2D eigenvalue weighted by Crippen LogP contribution is 2.19. The molecule has 2 amide bonds. The molecule has 1 atom stereocenters. The van der Waals surface area contributed by atoms with Crippen LogP contribution in [0.3, 0.4) is 0 Å². The number of primary amides is 1. The van der Waals surface area contributed by atoms with Gasteiger partial charge in [-0.3, -0.25) is 9.59 Å². The third-order valence-corrected chi connectivity index (χ3v) is 3.32. The topological polar surface area (TPSA) is 114 Å². The van der Waals surface area contributed by atoms with E-state index in [2.05, 4.69) is 21.2 Å². The minimum atomic E-state index is -1.20. The number of hydrogen-bond donors (Lipinski definition) is 3. The van der Waals surface area contributed by atoms with E-state index in [0.29, 0.717) is 5.69 Å². The Labute approximate surface area is 130 Å². The van der Waals surface area contributed by atoms with E-state index in [1.165, 1.54) is 0 Å². The van der Waals surface area contributed by atoms with Gasteiger partial charge in [-0.25, -0.2) is 4.79 Å². The highest BCUT2D eigenvalue weighted by atomic mass is 79.9. The lowest BCUT2D eigenvalue weighted by molar-refractivity contribution is -0.139. The molecule has 0 aliphatic rings. The van der Waals surface area contributed by atoms with Crippen LogP contribution in [0.2, 0.25) is 0 Å². The Kier molecular flexibility index (Phi) is 5.95. The molecular formula is C13H18BrN3O4. The van der Waals surface area contributed by atoms with Crippen molar-refractivity contribution in [3.8, 4) is 0 Å². The Morgan fingerprint density at radius 3 is 2.52 bits per heavy atom. The molecule has 1 heterocycles. The lowest BCUT2D eigenvalue weighted by Crippen LogP contribution is -2.42. The number of carbonyl (C=O) groups excluding carboxylic acids is 2. The van der Waals surface area contributed by atoms with Crippen molar-refractivity contribution < 1.29 is 19.5 Å². The minimum absolute atomic E-state index is 0.0417. The number of carboxylic acids is 1. The summed E-state index contributed by atoms with van der Waals surface area (Å²) in [6.07, 6.45) is 1.60. The number of rotatable bonds is 7. The molecule has 7 nitrogen and oxygen atoms in total. The zero-order chi connectivity index (χ0) is 16.2.